The summed E-state index contributed by atoms with van der Waals surface area (Å²) in [4.78, 5) is 0. The van der Waals surface area contributed by atoms with Crippen molar-refractivity contribution in [1.82, 2.24) is 5.32 Å². The summed E-state index contributed by atoms with van der Waals surface area (Å²) in [5.41, 5.74) is 1.29. The van der Waals surface area contributed by atoms with E-state index in [-0.39, 0.29) is 5.79 Å². The van der Waals surface area contributed by atoms with Crippen molar-refractivity contribution in [2.24, 2.45) is 47.3 Å². The predicted molar refractivity (Wildman–Crippen MR) is 90.4 cm³/mol. The molecule has 2 aliphatic heterocycles. The van der Waals surface area contributed by atoms with Gasteiger partial charge in [-0.2, -0.15) is 0 Å². The molecule has 0 radical (unpaired) electrons. The molecule has 0 aromatic heterocycles. The Hall–Kier alpha value is -1.30. The summed E-state index contributed by atoms with van der Waals surface area (Å²) < 4.78 is 23.7. The van der Waals surface area contributed by atoms with Crippen LogP contribution >= 0.6 is 0 Å². The molecule has 9 atom stereocenters. The fraction of sp³-hybridized carbons (Fsp3) is 0.714. The maximum Gasteiger partial charge on any atom is 0.231 e. The third-order valence-corrected chi connectivity index (χ3v) is 9.10. The van der Waals surface area contributed by atoms with Crippen molar-refractivity contribution in [3.8, 4) is 11.5 Å². The number of fused-ring (bicyclic) bond motifs is 5. The molecule has 6 fully saturated rings. The first kappa shape index (κ1) is 13.8. The zero-order valence-corrected chi connectivity index (χ0v) is 14.6. The van der Waals surface area contributed by atoms with Crippen molar-refractivity contribution < 1.29 is 18.9 Å². The largest absolute Gasteiger partial charge is 0.454 e. The van der Waals surface area contributed by atoms with Gasteiger partial charge in [-0.15, -0.1) is 0 Å². The maximum absolute atomic E-state index is 6.34. The third kappa shape index (κ3) is 1.27. The van der Waals surface area contributed by atoms with E-state index in [9.17, 15) is 0 Å². The molecule has 1 N–H and O–H groups in total. The van der Waals surface area contributed by atoms with E-state index >= 15 is 0 Å². The minimum atomic E-state index is -0.191. The van der Waals surface area contributed by atoms with Gasteiger partial charge < -0.3 is 24.3 Å². The average Bonchev–Trinajstić information content (AvgIpc) is 3.38. The van der Waals surface area contributed by atoms with Crippen LogP contribution in [0.2, 0.25) is 0 Å². The summed E-state index contributed by atoms with van der Waals surface area (Å²) in [5.74, 6) is 8.06. The Bertz CT molecular complexity index is 820. The second-order valence-corrected chi connectivity index (χ2v) is 9.44. The summed E-state index contributed by atoms with van der Waals surface area (Å²) in [6, 6.07) is 6.98. The van der Waals surface area contributed by atoms with Crippen molar-refractivity contribution in [1.29, 1.82) is 0 Å². The van der Waals surface area contributed by atoms with Crippen LogP contribution in [0.1, 0.15) is 12.0 Å². The van der Waals surface area contributed by atoms with E-state index < -0.39 is 0 Å². The average molecular weight is 353 g/mol. The summed E-state index contributed by atoms with van der Waals surface area (Å²) in [5, 5.41) is 3.96. The quantitative estimate of drug-likeness (QED) is 0.901. The van der Waals surface area contributed by atoms with Crippen molar-refractivity contribution in [2.75, 3.05) is 20.0 Å². The van der Waals surface area contributed by atoms with E-state index in [2.05, 4.69) is 17.4 Å². The number of hydrogen-bond acceptors (Lipinski definition) is 5. The predicted octanol–water partition coefficient (Wildman–Crippen LogP) is 2.00. The molecular formula is C21H23NO4. The molecule has 136 valence electrons. The third-order valence-electron chi connectivity index (χ3n) is 9.10. The van der Waals surface area contributed by atoms with E-state index in [0.717, 1.165) is 66.8 Å². The first-order valence-electron chi connectivity index (χ1n) is 10.3. The SMILES string of the molecule is c1cc2c(cc1CN[C@@H]1[C@H]3[C@H]4[C@@H]5C[C@@H]6[C@H]4[C@H]3C3(OCCO3)[C@@H]6[C@@H]51)OCO2. The Kier molecular flexibility index (Phi) is 2.25. The number of benzene rings is 1. The molecule has 0 amide bonds. The molecule has 0 unspecified atom stereocenters. The second kappa shape index (κ2) is 4.23. The molecule has 2 bridgehead atoms. The van der Waals surface area contributed by atoms with E-state index in [1.165, 1.54) is 12.0 Å². The van der Waals surface area contributed by atoms with Gasteiger partial charge in [-0.1, -0.05) is 6.07 Å². The Morgan fingerprint density at radius 1 is 0.923 bits per heavy atom. The zero-order valence-electron chi connectivity index (χ0n) is 14.6. The van der Waals surface area contributed by atoms with Gasteiger partial charge >= 0.3 is 0 Å². The van der Waals surface area contributed by atoms with Gasteiger partial charge in [-0.25, -0.2) is 0 Å². The van der Waals surface area contributed by atoms with Crippen molar-refractivity contribution in [3.05, 3.63) is 23.8 Å². The van der Waals surface area contributed by atoms with Crippen LogP contribution < -0.4 is 14.8 Å². The number of ether oxygens (including phenoxy) is 4. The highest BCUT2D eigenvalue weighted by atomic mass is 16.7. The second-order valence-electron chi connectivity index (χ2n) is 9.44. The molecule has 5 heteroatoms. The first-order valence-corrected chi connectivity index (χ1v) is 10.3. The molecule has 5 aliphatic carbocycles. The fourth-order valence-corrected chi connectivity index (χ4v) is 8.87. The van der Waals surface area contributed by atoms with Gasteiger partial charge in [-0.3, -0.25) is 0 Å². The van der Waals surface area contributed by atoms with E-state index in [4.69, 9.17) is 18.9 Å². The van der Waals surface area contributed by atoms with Gasteiger partial charge in [0.1, 0.15) is 0 Å². The molecule has 7 aliphatic rings. The normalized spacial score (nSPS) is 51.8. The van der Waals surface area contributed by atoms with Gasteiger partial charge in [-0.05, 0) is 59.6 Å². The lowest BCUT2D eigenvalue weighted by atomic mass is 9.57. The molecule has 1 aromatic rings. The fourth-order valence-electron chi connectivity index (χ4n) is 8.87. The molecule has 2 heterocycles. The molecule has 1 spiro atoms. The van der Waals surface area contributed by atoms with Gasteiger partial charge in [0.2, 0.25) is 6.79 Å². The molecular weight excluding hydrogens is 330 g/mol. The van der Waals surface area contributed by atoms with Gasteiger partial charge in [0.05, 0.1) is 13.2 Å². The van der Waals surface area contributed by atoms with E-state index in [1.54, 1.807) is 0 Å². The first-order chi connectivity index (χ1) is 12.9. The minimum Gasteiger partial charge on any atom is -0.454 e. The number of hydrogen-bond donors (Lipinski definition) is 1. The standard InChI is InChI=1S/C21H23NO4/c1-2-12-13(24-8-23-12)5-9(1)7-22-20-16-10-6-11-15-14(10)17(20)19(15)21(18(11)16)25-3-4-26-21/h1-2,5,10-11,14-20,22H,3-4,6-8H2/t10-,11+,14-,15+,16+,17-,18-,19+,20-/m0/s1. The molecule has 5 saturated carbocycles. The number of nitrogens with one attached hydrogen (secondary N) is 1. The van der Waals surface area contributed by atoms with Gasteiger partial charge in [0, 0.05) is 24.4 Å². The highest BCUT2D eigenvalue weighted by Crippen LogP contribution is 2.86. The van der Waals surface area contributed by atoms with Crippen LogP contribution in [0, 0.1) is 47.3 Å². The van der Waals surface area contributed by atoms with Crippen LogP contribution in [0.15, 0.2) is 18.2 Å². The summed E-state index contributed by atoms with van der Waals surface area (Å²) in [7, 11) is 0. The topological polar surface area (TPSA) is 49.0 Å². The van der Waals surface area contributed by atoms with Crippen molar-refractivity contribution in [2.45, 2.75) is 24.8 Å². The Balaban J connectivity index is 1.10. The molecule has 1 saturated heterocycles. The smallest absolute Gasteiger partial charge is 0.231 e. The van der Waals surface area contributed by atoms with Crippen LogP contribution in [0.3, 0.4) is 0 Å². The van der Waals surface area contributed by atoms with Crippen LogP contribution in [-0.4, -0.2) is 31.8 Å². The van der Waals surface area contributed by atoms with Crippen molar-refractivity contribution >= 4 is 0 Å². The lowest BCUT2D eigenvalue weighted by Crippen LogP contribution is -2.62. The van der Waals surface area contributed by atoms with E-state index in [1.807, 2.05) is 6.07 Å². The van der Waals surface area contributed by atoms with Gasteiger partial charge in [0.15, 0.2) is 17.3 Å². The molecule has 5 nitrogen and oxygen atoms in total. The minimum absolute atomic E-state index is 0.191. The van der Waals surface area contributed by atoms with Crippen LogP contribution in [-0.2, 0) is 16.0 Å². The van der Waals surface area contributed by atoms with Crippen LogP contribution in [0.5, 0.6) is 11.5 Å². The van der Waals surface area contributed by atoms with Gasteiger partial charge in [0.25, 0.3) is 0 Å². The lowest BCUT2D eigenvalue weighted by molar-refractivity contribution is -0.264. The van der Waals surface area contributed by atoms with Crippen LogP contribution in [0.4, 0.5) is 0 Å². The zero-order chi connectivity index (χ0) is 16.6. The Morgan fingerprint density at radius 3 is 2.73 bits per heavy atom. The van der Waals surface area contributed by atoms with Crippen molar-refractivity contribution in [3.63, 3.8) is 0 Å². The monoisotopic (exact) mass is 353 g/mol. The van der Waals surface area contributed by atoms with E-state index in [0.29, 0.717) is 24.7 Å². The molecule has 8 rings (SSSR count). The highest BCUT2D eigenvalue weighted by molar-refractivity contribution is 5.44. The summed E-state index contributed by atoms with van der Waals surface area (Å²) >= 11 is 0. The molecule has 1 aromatic carbocycles. The Morgan fingerprint density at radius 2 is 1.81 bits per heavy atom. The highest BCUT2D eigenvalue weighted by Gasteiger charge is 2.88. The van der Waals surface area contributed by atoms with Crippen LogP contribution in [0.25, 0.3) is 0 Å². The summed E-state index contributed by atoms with van der Waals surface area (Å²) in [6.07, 6.45) is 1.44. The lowest BCUT2D eigenvalue weighted by Gasteiger charge is -2.54. The Labute approximate surface area is 152 Å². The summed E-state index contributed by atoms with van der Waals surface area (Å²) in [6.45, 7) is 2.86. The number of rotatable bonds is 3. The molecule has 26 heavy (non-hydrogen) atoms. The maximum atomic E-state index is 6.34.